The molecule has 0 aliphatic heterocycles. The van der Waals surface area contributed by atoms with Gasteiger partial charge in [-0.1, -0.05) is 0 Å². The highest BCUT2D eigenvalue weighted by Gasteiger charge is 2.18. The van der Waals surface area contributed by atoms with Crippen molar-refractivity contribution in [2.75, 3.05) is 39.4 Å². The molecule has 0 saturated carbocycles. The zero-order valence-corrected chi connectivity index (χ0v) is 11.1. The van der Waals surface area contributed by atoms with Crippen molar-refractivity contribution < 1.29 is 23.8 Å². The predicted octanol–water partition coefficient (Wildman–Crippen LogP) is 1.09. The summed E-state index contributed by atoms with van der Waals surface area (Å²) in [5.74, 6) is -0.202. The fraction of sp³-hybridized carbons (Fsp3) is 0.417. The molecule has 0 fully saturated rings. The fourth-order valence-corrected chi connectivity index (χ4v) is 1.40. The van der Waals surface area contributed by atoms with Gasteiger partial charge in [-0.15, -0.1) is 0 Å². The molecule has 0 N–H and O–H groups in total. The third-order valence-electron chi connectivity index (χ3n) is 2.36. The molecule has 1 amide bonds. The van der Waals surface area contributed by atoms with E-state index in [1.54, 1.807) is 0 Å². The normalized spacial score (nSPS) is 9.84. The van der Waals surface area contributed by atoms with Crippen molar-refractivity contribution >= 4 is 17.9 Å². The molecule has 7 nitrogen and oxygen atoms in total. The highest BCUT2D eigenvalue weighted by atomic mass is 16.5. The second-order valence-corrected chi connectivity index (χ2v) is 3.51. The minimum atomic E-state index is -0.577. The van der Waals surface area contributed by atoms with Gasteiger partial charge < -0.3 is 14.2 Å². The number of amides is 1. The summed E-state index contributed by atoms with van der Waals surface area (Å²) in [7, 11) is 4.07. The molecule has 1 rings (SSSR count). The Hall–Kier alpha value is -2.15. The maximum Gasteiger partial charge on any atom is 0.415 e. The number of methoxy groups -OCH3 is 3. The SMILES string of the molecule is COCCN(C(=O)OC)c1cc(C(=O)OC)ccn1. The lowest BCUT2D eigenvalue weighted by Crippen LogP contribution is -2.34. The van der Waals surface area contributed by atoms with Crippen LogP contribution in [0.4, 0.5) is 10.6 Å². The number of esters is 1. The standard InChI is InChI=1S/C12H16N2O5/c1-17-7-6-14(12(16)19-3)10-8-9(4-5-13-10)11(15)18-2/h4-5,8H,6-7H2,1-3H3. The molecule has 1 heterocycles. The zero-order valence-electron chi connectivity index (χ0n) is 11.1. The van der Waals surface area contributed by atoms with Crippen LogP contribution in [0.2, 0.25) is 0 Å². The van der Waals surface area contributed by atoms with Crippen LogP contribution in [0.3, 0.4) is 0 Å². The van der Waals surface area contributed by atoms with Gasteiger partial charge in [0, 0.05) is 13.3 Å². The number of hydrogen-bond donors (Lipinski definition) is 0. The van der Waals surface area contributed by atoms with E-state index in [9.17, 15) is 9.59 Å². The van der Waals surface area contributed by atoms with Crippen LogP contribution in [0.5, 0.6) is 0 Å². The van der Waals surface area contributed by atoms with Gasteiger partial charge in [0.05, 0.1) is 32.9 Å². The van der Waals surface area contributed by atoms with Crippen LogP contribution in [0, 0.1) is 0 Å². The number of rotatable bonds is 5. The van der Waals surface area contributed by atoms with E-state index in [0.717, 1.165) is 0 Å². The molecular weight excluding hydrogens is 252 g/mol. The molecule has 0 bridgehead atoms. The number of pyridine rings is 1. The highest BCUT2D eigenvalue weighted by molar-refractivity contribution is 5.92. The van der Waals surface area contributed by atoms with E-state index in [-0.39, 0.29) is 6.54 Å². The van der Waals surface area contributed by atoms with Crippen LogP contribution < -0.4 is 4.90 Å². The third-order valence-corrected chi connectivity index (χ3v) is 2.36. The van der Waals surface area contributed by atoms with E-state index in [2.05, 4.69) is 14.5 Å². The zero-order chi connectivity index (χ0) is 14.3. The molecule has 0 aliphatic carbocycles. The summed E-state index contributed by atoms with van der Waals surface area (Å²) in [4.78, 5) is 28.4. The van der Waals surface area contributed by atoms with Gasteiger partial charge in [0.15, 0.2) is 0 Å². The second-order valence-electron chi connectivity index (χ2n) is 3.51. The van der Waals surface area contributed by atoms with Crippen molar-refractivity contribution in [3.8, 4) is 0 Å². The first-order valence-corrected chi connectivity index (χ1v) is 5.52. The summed E-state index contributed by atoms with van der Waals surface area (Å²) in [5.41, 5.74) is 0.304. The topological polar surface area (TPSA) is 78.0 Å². The molecule has 0 atom stereocenters. The van der Waals surface area contributed by atoms with Crippen molar-refractivity contribution in [3.05, 3.63) is 23.9 Å². The van der Waals surface area contributed by atoms with Crippen molar-refractivity contribution in [2.45, 2.75) is 0 Å². The first kappa shape index (κ1) is 14.9. The number of nitrogens with zero attached hydrogens (tertiary/aromatic N) is 2. The van der Waals surface area contributed by atoms with Gasteiger partial charge >= 0.3 is 12.1 Å². The Labute approximate surface area is 111 Å². The summed E-state index contributed by atoms with van der Waals surface area (Å²) in [6, 6.07) is 2.96. The highest BCUT2D eigenvalue weighted by Crippen LogP contribution is 2.14. The number of aromatic nitrogens is 1. The molecular formula is C12H16N2O5. The van der Waals surface area contributed by atoms with Crippen LogP contribution in [-0.2, 0) is 14.2 Å². The lowest BCUT2D eigenvalue weighted by Gasteiger charge is -2.19. The van der Waals surface area contributed by atoms with Crippen molar-refractivity contribution in [3.63, 3.8) is 0 Å². The Kier molecular flexibility index (Phi) is 5.74. The number of ether oxygens (including phenoxy) is 3. The summed E-state index contributed by atoms with van der Waals surface area (Å²) < 4.78 is 14.2. The number of carbonyl (C=O) groups is 2. The van der Waals surface area contributed by atoms with Crippen LogP contribution in [0.1, 0.15) is 10.4 Å². The Morgan fingerprint density at radius 2 is 2.00 bits per heavy atom. The largest absolute Gasteiger partial charge is 0.465 e. The third kappa shape index (κ3) is 3.92. The molecule has 104 valence electrons. The predicted molar refractivity (Wildman–Crippen MR) is 67.2 cm³/mol. The van der Waals surface area contributed by atoms with E-state index in [4.69, 9.17) is 4.74 Å². The smallest absolute Gasteiger partial charge is 0.415 e. The van der Waals surface area contributed by atoms with Gasteiger partial charge in [-0.2, -0.15) is 0 Å². The fourth-order valence-electron chi connectivity index (χ4n) is 1.40. The van der Waals surface area contributed by atoms with E-state index in [0.29, 0.717) is 18.0 Å². The Morgan fingerprint density at radius 3 is 2.58 bits per heavy atom. The summed E-state index contributed by atoms with van der Waals surface area (Å²) >= 11 is 0. The Bertz CT molecular complexity index is 450. The van der Waals surface area contributed by atoms with Gasteiger partial charge in [0.1, 0.15) is 5.82 Å². The first-order chi connectivity index (χ1) is 9.13. The van der Waals surface area contributed by atoms with Gasteiger partial charge in [-0.05, 0) is 12.1 Å². The van der Waals surface area contributed by atoms with E-state index in [1.807, 2.05) is 0 Å². The molecule has 19 heavy (non-hydrogen) atoms. The summed E-state index contributed by atoms with van der Waals surface area (Å²) in [6.45, 7) is 0.583. The average Bonchev–Trinajstić information content (AvgIpc) is 2.46. The Morgan fingerprint density at radius 1 is 1.26 bits per heavy atom. The van der Waals surface area contributed by atoms with Crippen LogP contribution in [0.25, 0.3) is 0 Å². The molecule has 0 spiro atoms. The molecule has 0 radical (unpaired) electrons. The summed E-state index contributed by atoms with van der Waals surface area (Å²) in [6.07, 6.45) is 0.844. The minimum Gasteiger partial charge on any atom is -0.465 e. The minimum absolute atomic E-state index is 0.265. The average molecular weight is 268 g/mol. The van der Waals surface area contributed by atoms with Gasteiger partial charge in [-0.25, -0.2) is 14.6 Å². The second kappa shape index (κ2) is 7.32. The van der Waals surface area contributed by atoms with Gasteiger partial charge in [-0.3, -0.25) is 4.90 Å². The quantitative estimate of drug-likeness (QED) is 0.744. The van der Waals surface area contributed by atoms with Crippen molar-refractivity contribution in [1.29, 1.82) is 0 Å². The molecule has 7 heteroatoms. The van der Waals surface area contributed by atoms with Crippen molar-refractivity contribution in [1.82, 2.24) is 4.98 Å². The van der Waals surface area contributed by atoms with Crippen LogP contribution in [-0.4, -0.2) is 51.5 Å². The van der Waals surface area contributed by atoms with Crippen molar-refractivity contribution in [2.24, 2.45) is 0 Å². The molecule has 1 aromatic rings. The molecule has 0 saturated heterocycles. The molecule has 1 aromatic heterocycles. The Balaban J connectivity index is 3.01. The molecule has 0 unspecified atom stereocenters. The van der Waals surface area contributed by atoms with E-state index in [1.165, 1.54) is 44.6 Å². The molecule has 0 aromatic carbocycles. The maximum absolute atomic E-state index is 11.7. The van der Waals surface area contributed by atoms with Crippen LogP contribution in [0.15, 0.2) is 18.3 Å². The number of hydrogen-bond acceptors (Lipinski definition) is 6. The first-order valence-electron chi connectivity index (χ1n) is 5.52. The monoisotopic (exact) mass is 268 g/mol. The van der Waals surface area contributed by atoms with Gasteiger partial charge in [0.25, 0.3) is 0 Å². The van der Waals surface area contributed by atoms with E-state index < -0.39 is 12.1 Å². The molecule has 0 aliphatic rings. The van der Waals surface area contributed by atoms with Gasteiger partial charge in [0.2, 0.25) is 0 Å². The maximum atomic E-state index is 11.7. The lowest BCUT2D eigenvalue weighted by atomic mass is 10.2. The summed E-state index contributed by atoms with van der Waals surface area (Å²) in [5, 5.41) is 0. The number of carbonyl (C=O) groups excluding carboxylic acids is 2. The number of anilines is 1. The van der Waals surface area contributed by atoms with Crippen LogP contribution >= 0.6 is 0 Å². The van der Waals surface area contributed by atoms with E-state index >= 15 is 0 Å². The lowest BCUT2D eigenvalue weighted by molar-refractivity contribution is 0.0600.